The molecule has 0 unspecified atom stereocenters. The van der Waals surface area contributed by atoms with Crippen molar-refractivity contribution < 1.29 is 22.4 Å². The first-order valence-electron chi connectivity index (χ1n) is 7.22. The van der Waals surface area contributed by atoms with Crippen LogP contribution in [0.3, 0.4) is 0 Å². The van der Waals surface area contributed by atoms with E-state index in [4.69, 9.17) is 8.85 Å². The Morgan fingerprint density at radius 1 is 1.41 bits per heavy atom. The molecule has 0 bridgehead atoms. The first kappa shape index (κ1) is 10.1. The van der Waals surface area contributed by atoms with E-state index in [1.807, 2.05) is 0 Å². The average Bonchev–Trinajstić information content (AvgIpc) is 2.16. The Morgan fingerprint density at radius 3 is 2.35 bits per heavy atom. The van der Waals surface area contributed by atoms with Crippen LogP contribution < -0.4 is 0 Å². The summed E-state index contributed by atoms with van der Waals surface area (Å²) in [6.07, 6.45) is -1.87. The van der Waals surface area contributed by atoms with E-state index in [9.17, 15) is 13.6 Å². The second-order valence-corrected chi connectivity index (χ2v) is 5.44. The van der Waals surface area contributed by atoms with Gasteiger partial charge in [-0.3, -0.25) is 0 Å². The predicted octanol–water partition coefficient (Wildman–Crippen LogP) is 3.43. The fourth-order valence-corrected chi connectivity index (χ4v) is 1.74. The Balaban J connectivity index is 2.84. The third kappa shape index (κ3) is 4.48. The van der Waals surface area contributed by atoms with Gasteiger partial charge in [0.15, 0.2) is 0 Å². The summed E-state index contributed by atoms with van der Waals surface area (Å²) in [5, 5.41) is 0. The number of hydrogen-bond donors (Lipinski definition) is 0. The molecule has 0 saturated heterocycles. The maximum atomic E-state index is 13.1. The largest absolute Gasteiger partial charge is 0.444 e. The first-order valence-corrected chi connectivity index (χ1v) is 5.72. The zero-order valence-electron chi connectivity index (χ0n) is 13.4. The van der Waals surface area contributed by atoms with Crippen molar-refractivity contribution in [1.82, 2.24) is 4.90 Å². The van der Waals surface area contributed by atoms with Gasteiger partial charge >= 0.3 is 6.09 Å². The summed E-state index contributed by atoms with van der Waals surface area (Å²) < 4.78 is 53.6. The van der Waals surface area contributed by atoms with Gasteiger partial charge in [0.25, 0.3) is 0 Å². The van der Waals surface area contributed by atoms with Gasteiger partial charge in [-0.1, -0.05) is 0 Å². The minimum atomic E-state index is -2.77. The van der Waals surface area contributed by atoms with Gasteiger partial charge in [0.05, 0.1) is 0 Å². The smallest absolute Gasteiger partial charge is 0.410 e. The number of amides is 1. The Morgan fingerprint density at radius 2 is 1.94 bits per heavy atom. The van der Waals surface area contributed by atoms with E-state index in [0.29, 0.717) is 4.90 Å². The van der Waals surface area contributed by atoms with E-state index >= 15 is 0 Å². The highest BCUT2D eigenvalue weighted by atomic mass is 19.3. The summed E-state index contributed by atoms with van der Waals surface area (Å²) in [6.45, 7) is 2.17. The van der Waals surface area contributed by atoms with Gasteiger partial charge < -0.3 is 9.64 Å². The molecule has 1 amide bonds. The number of carbonyl (C=O) groups excluding carboxylic acids is 1. The highest BCUT2D eigenvalue weighted by molar-refractivity contribution is 5.68. The molecule has 1 aliphatic rings. The molecule has 0 spiro atoms. The first-order chi connectivity index (χ1) is 8.82. The van der Waals surface area contributed by atoms with Gasteiger partial charge in [-0.15, -0.1) is 0 Å². The van der Waals surface area contributed by atoms with Gasteiger partial charge in [-0.05, 0) is 33.6 Å². The van der Waals surface area contributed by atoms with Crippen molar-refractivity contribution in [2.24, 2.45) is 0 Å². The van der Waals surface area contributed by atoms with Crippen LogP contribution in [0, 0.1) is 0 Å². The molecule has 1 fully saturated rings. The Bertz CT molecular complexity index is 357. The second-order valence-electron chi connectivity index (χ2n) is 5.44. The number of nitrogens with zero attached hydrogens (tertiary/aromatic N) is 1. The summed E-state index contributed by atoms with van der Waals surface area (Å²) >= 11 is 0. The number of alkyl halides is 2. The highest BCUT2D eigenvalue weighted by Gasteiger charge is 2.37. The van der Waals surface area contributed by atoms with Gasteiger partial charge in [0.2, 0.25) is 5.92 Å². The SMILES string of the molecule is [2H]C([2H])([2H])N(C(=O)OC(C)(C)C)C1CCC(F)(F)CC1. The fourth-order valence-electron chi connectivity index (χ4n) is 1.74. The molecule has 0 heterocycles. The topological polar surface area (TPSA) is 29.5 Å². The fraction of sp³-hybridized carbons (Fsp3) is 0.917. The number of hydrogen-bond acceptors (Lipinski definition) is 2. The van der Waals surface area contributed by atoms with E-state index in [1.54, 1.807) is 20.8 Å². The van der Waals surface area contributed by atoms with E-state index in [1.165, 1.54) is 0 Å². The van der Waals surface area contributed by atoms with Crippen LogP contribution in [0.2, 0.25) is 0 Å². The molecule has 1 aliphatic carbocycles. The normalized spacial score (nSPS) is 24.4. The lowest BCUT2D eigenvalue weighted by Crippen LogP contribution is -2.44. The van der Waals surface area contributed by atoms with Crippen LogP contribution in [0.1, 0.15) is 50.6 Å². The van der Waals surface area contributed by atoms with Crippen molar-refractivity contribution in [3.05, 3.63) is 0 Å². The van der Waals surface area contributed by atoms with Crippen molar-refractivity contribution in [3.8, 4) is 0 Å². The minimum absolute atomic E-state index is 0.0371. The summed E-state index contributed by atoms with van der Waals surface area (Å²) in [5.74, 6) is -2.77. The lowest BCUT2D eigenvalue weighted by molar-refractivity contribution is -0.0541. The zero-order valence-corrected chi connectivity index (χ0v) is 10.4. The van der Waals surface area contributed by atoms with Gasteiger partial charge in [0.1, 0.15) is 5.60 Å². The molecule has 0 N–H and O–H groups in total. The molecule has 0 aromatic rings. The van der Waals surface area contributed by atoms with Crippen molar-refractivity contribution in [3.63, 3.8) is 0 Å². The standard InChI is InChI=1S/C12H21F2NO2/c1-11(2,3)17-10(16)15(4)9-5-7-12(13,14)8-6-9/h9H,5-8H2,1-4H3/i4D3. The maximum absolute atomic E-state index is 13.1. The van der Waals surface area contributed by atoms with E-state index in [0.717, 1.165) is 0 Å². The van der Waals surface area contributed by atoms with E-state index in [-0.39, 0.29) is 12.8 Å². The molecule has 5 heteroatoms. The molecule has 100 valence electrons. The molecule has 3 nitrogen and oxygen atoms in total. The average molecular weight is 252 g/mol. The number of ether oxygens (including phenoxy) is 1. The van der Waals surface area contributed by atoms with Crippen LogP contribution in [0.25, 0.3) is 0 Å². The van der Waals surface area contributed by atoms with Crippen LogP contribution in [-0.2, 0) is 4.74 Å². The Hall–Kier alpha value is -0.870. The molecule has 1 saturated carbocycles. The lowest BCUT2D eigenvalue weighted by atomic mass is 9.91. The van der Waals surface area contributed by atoms with Crippen LogP contribution in [0.15, 0.2) is 0 Å². The van der Waals surface area contributed by atoms with E-state index in [2.05, 4.69) is 0 Å². The third-order valence-corrected chi connectivity index (χ3v) is 2.64. The Kier molecular flexibility index (Phi) is 2.84. The van der Waals surface area contributed by atoms with Crippen molar-refractivity contribution in [2.75, 3.05) is 6.98 Å². The van der Waals surface area contributed by atoms with Crippen LogP contribution >= 0.6 is 0 Å². The maximum Gasteiger partial charge on any atom is 0.410 e. The molecule has 0 aromatic carbocycles. The van der Waals surface area contributed by atoms with Gasteiger partial charge in [0, 0.05) is 30.0 Å². The van der Waals surface area contributed by atoms with Gasteiger partial charge in [-0.2, -0.15) is 0 Å². The molecule has 0 radical (unpaired) electrons. The molecule has 0 aromatic heterocycles. The van der Waals surface area contributed by atoms with Crippen molar-refractivity contribution in [1.29, 1.82) is 0 Å². The van der Waals surface area contributed by atoms with Crippen LogP contribution in [0.4, 0.5) is 13.6 Å². The highest BCUT2D eigenvalue weighted by Crippen LogP contribution is 2.34. The molecule has 0 atom stereocenters. The quantitative estimate of drug-likeness (QED) is 0.715. The molecular weight excluding hydrogens is 228 g/mol. The van der Waals surface area contributed by atoms with E-state index < -0.39 is 43.5 Å². The molecule has 0 aliphatic heterocycles. The number of rotatable bonds is 1. The number of halogens is 2. The van der Waals surface area contributed by atoms with Gasteiger partial charge in [-0.25, -0.2) is 13.6 Å². The van der Waals surface area contributed by atoms with Crippen molar-refractivity contribution in [2.45, 2.75) is 64.0 Å². The molecule has 1 rings (SSSR count). The lowest BCUT2D eigenvalue weighted by Gasteiger charge is -2.35. The molecular formula is C12H21F2NO2. The van der Waals surface area contributed by atoms with Crippen LogP contribution in [-0.4, -0.2) is 35.5 Å². The second kappa shape index (κ2) is 4.78. The summed E-state index contributed by atoms with van der Waals surface area (Å²) in [4.78, 5) is 12.7. The molecule has 17 heavy (non-hydrogen) atoms. The zero-order chi connectivity index (χ0) is 15.8. The monoisotopic (exact) mass is 252 g/mol. The summed E-state index contributed by atoms with van der Waals surface area (Å²) in [6, 6.07) is -0.739. The summed E-state index contributed by atoms with van der Waals surface area (Å²) in [5.41, 5.74) is -0.834. The predicted molar refractivity (Wildman–Crippen MR) is 61.2 cm³/mol. The third-order valence-electron chi connectivity index (χ3n) is 2.64. The van der Waals surface area contributed by atoms with Crippen LogP contribution in [0.5, 0.6) is 0 Å². The number of carbonyl (C=O) groups is 1. The Labute approximate surface area is 105 Å². The van der Waals surface area contributed by atoms with Crippen molar-refractivity contribution >= 4 is 6.09 Å². The minimum Gasteiger partial charge on any atom is -0.444 e. The summed E-state index contributed by atoms with van der Waals surface area (Å²) in [7, 11) is 0.